The highest BCUT2D eigenvalue weighted by Crippen LogP contribution is 2.27. The van der Waals surface area contributed by atoms with Gasteiger partial charge in [0, 0.05) is 18.7 Å². The zero-order chi connectivity index (χ0) is 23.6. The van der Waals surface area contributed by atoms with E-state index in [1.54, 1.807) is 12.1 Å². The van der Waals surface area contributed by atoms with Crippen molar-refractivity contribution in [2.24, 2.45) is 5.92 Å². The maximum Gasteiger partial charge on any atom is 0.343 e. The Labute approximate surface area is 193 Å². The molecule has 0 radical (unpaired) electrons. The summed E-state index contributed by atoms with van der Waals surface area (Å²) >= 11 is 0. The van der Waals surface area contributed by atoms with E-state index < -0.39 is 23.2 Å². The van der Waals surface area contributed by atoms with Gasteiger partial charge in [0.05, 0.1) is 18.3 Å². The van der Waals surface area contributed by atoms with E-state index in [2.05, 4.69) is 6.92 Å². The lowest BCUT2D eigenvalue weighted by atomic mass is 9.88. The molecule has 0 spiro atoms. The summed E-state index contributed by atoms with van der Waals surface area (Å²) in [5.74, 6) is -2.12. The lowest BCUT2D eigenvalue weighted by molar-refractivity contribution is 0.0112. The number of nitrogens with zero attached hydrogens (tertiary/aromatic N) is 1. The van der Waals surface area contributed by atoms with E-state index in [4.69, 9.17) is 19.5 Å². The minimum Gasteiger partial charge on any atom is -0.493 e. The number of hydrogen-bond donors (Lipinski definition) is 0. The van der Waals surface area contributed by atoms with Crippen LogP contribution in [0.1, 0.15) is 67.8 Å². The fourth-order valence-corrected chi connectivity index (χ4v) is 3.85. The van der Waals surface area contributed by atoms with Crippen LogP contribution in [-0.4, -0.2) is 25.3 Å². The van der Waals surface area contributed by atoms with Crippen LogP contribution in [-0.2, 0) is 4.74 Å². The first kappa shape index (κ1) is 24.7. The highest BCUT2D eigenvalue weighted by atomic mass is 19.1. The standard InChI is InChI=1S/C26H29F2NO4/c1-2-3-4-13-31-20-9-5-18(6-10-20)17-32-21-11-7-19(8-12-21)26(30)33-22-14-24(27)23(16-29)25(28)15-22/h7-8,11-12,14-15,18,20H,2-6,9-10,13,17H2,1H3/t18-,20-. The summed E-state index contributed by atoms with van der Waals surface area (Å²) in [4.78, 5) is 12.3. The largest absolute Gasteiger partial charge is 0.493 e. The molecule has 2 aromatic rings. The molecule has 0 unspecified atom stereocenters. The Morgan fingerprint density at radius 1 is 1.03 bits per heavy atom. The van der Waals surface area contributed by atoms with Crippen molar-refractivity contribution in [3.05, 3.63) is 59.2 Å². The first-order chi connectivity index (χ1) is 16.0. The smallest absolute Gasteiger partial charge is 0.343 e. The molecule has 0 aromatic heterocycles. The summed E-state index contributed by atoms with van der Waals surface area (Å²) in [6.45, 7) is 3.64. The van der Waals surface area contributed by atoms with Gasteiger partial charge >= 0.3 is 5.97 Å². The molecule has 0 bridgehead atoms. The van der Waals surface area contributed by atoms with Crippen molar-refractivity contribution < 1.29 is 27.8 Å². The zero-order valence-corrected chi connectivity index (χ0v) is 18.8. The average Bonchev–Trinajstić information content (AvgIpc) is 2.81. The molecule has 0 heterocycles. The maximum atomic E-state index is 13.7. The van der Waals surface area contributed by atoms with Crippen LogP contribution in [0.3, 0.4) is 0 Å². The van der Waals surface area contributed by atoms with Crippen LogP contribution in [0.15, 0.2) is 36.4 Å². The number of rotatable bonds is 10. The average molecular weight is 458 g/mol. The first-order valence-electron chi connectivity index (χ1n) is 11.5. The van der Waals surface area contributed by atoms with Crippen molar-refractivity contribution in [1.82, 2.24) is 0 Å². The third-order valence-electron chi connectivity index (χ3n) is 5.81. The maximum absolute atomic E-state index is 13.7. The SMILES string of the molecule is CCCCCO[C@H]1CC[C@H](COc2ccc(C(=O)Oc3cc(F)c(C#N)c(F)c3)cc2)CC1. The highest BCUT2D eigenvalue weighted by Gasteiger charge is 2.22. The molecule has 0 saturated heterocycles. The Bertz CT molecular complexity index is 940. The van der Waals surface area contributed by atoms with Crippen molar-refractivity contribution in [3.8, 4) is 17.6 Å². The first-order valence-corrected chi connectivity index (χ1v) is 11.5. The number of nitriles is 1. The molecule has 1 saturated carbocycles. The van der Waals surface area contributed by atoms with Crippen molar-refractivity contribution in [2.75, 3.05) is 13.2 Å². The number of halogens is 2. The summed E-state index contributed by atoms with van der Waals surface area (Å²) < 4.78 is 44.2. The van der Waals surface area contributed by atoms with Crippen LogP contribution >= 0.6 is 0 Å². The Morgan fingerprint density at radius 2 is 1.70 bits per heavy atom. The second-order valence-corrected chi connectivity index (χ2v) is 8.32. The van der Waals surface area contributed by atoms with Gasteiger partial charge in [-0.1, -0.05) is 19.8 Å². The van der Waals surface area contributed by atoms with E-state index in [-0.39, 0.29) is 11.3 Å². The minimum absolute atomic E-state index is 0.216. The van der Waals surface area contributed by atoms with Gasteiger partial charge < -0.3 is 14.2 Å². The molecule has 0 N–H and O–H groups in total. The summed E-state index contributed by atoms with van der Waals surface area (Å²) in [5.41, 5.74) is -0.502. The Morgan fingerprint density at radius 3 is 2.30 bits per heavy atom. The molecule has 176 valence electrons. The second-order valence-electron chi connectivity index (χ2n) is 8.32. The van der Waals surface area contributed by atoms with Crippen LogP contribution in [0.2, 0.25) is 0 Å². The highest BCUT2D eigenvalue weighted by molar-refractivity contribution is 5.91. The lowest BCUT2D eigenvalue weighted by Gasteiger charge is -2.28. The number of carbonyl (C=O) groups excluding carboxylic acids is 1. The fraction of sp³-hybridized carbons (Fsp3) is 0.462. The molecule has 0 atom stereocenters. The van der Waals surface area contributed by atoms with E-state index in [0.717, 1.165) is 50.8 Å². The molecule has 0 amide bonds. The Hall–Kier alpha value is -2.98. The number of carbonyl (C=O) groups is 1. The summed E-state index contributed by atoms with van der Waals surface area (Å²) in [5, 5.41) is 8.71. The molecule has 5 nitrogen and oxygen atoms in total. The van der Waals surface area contributed by atoms with Crippen LogP contribution < -0.4 is 9.47 Å². The van der Waals surface area contributed by atoms with E-state index in [9.17, 15) is 13.6 Å². The number of unbranched alkanes of at least 4 members (excludes halogenated alkanes) is 2. The minimum atomic E-state index is -1.08. The normalized spacial score (nSPS) is 17.9. The molecule has 7 heteroatoms. The summed E-state index contributed by atoms with van der Waals surface area (Å²) in [7, 11) is 0. The summed E-state index contributed by atoms with van der Waals surface area (Å²) in [6.07, 6.45) is 8.16. The van der Waals surface area contributed by atoms with Crippen LogP contribution in [0.4, 0.5) is 8.78 Å². The summed E-state index contributed by atoms with van der Waals surface area (Å²) in [6, 6.07) is 9.44. The molecule has 0 aliphatic heterocycles. The third-order valence-corrected chi connectivity index (χ3v) is 5.81. The van der Waals surface area contributed by atoms with Crippen molar-refractivity contribution in [2.45, 2.75) is 58.0 Å². The van der Waals surface area contributed by atoms with Crippen molar-refractivity contribution in [3.63, 3.8) is 0 Å². The molecular weight excluding hydrogens is 428 g/mol. The van der Waals surface area contributed by atoms with Gasteiger partial charge in [-0.3, -0.25) is 0 Å². The molecule has 33 heavy (non-hydrogen) atoms. The second kappa shape index (κ2) is 12.3. The van der Waals surface area contributed by atoms with Crippen LogP contribution in [0, 0.1) is 28.9 Å². The molecule has 2 aromatic carbocycles. The van der Waals surface area contributed by atoms with Gasteiger partial charge in [0.2, 0.25) is 0 Å². The van der Waals surface area contributed by atoms with E-state index in [1.165, 1.54) is 31.0 Å². The zero-order valence-electron chi connectivity index (χ0n) is 18.8. The molecule has 3 rings (SSSR count). The van der Waals surface area contributed by atoms with Gasteiger partial charge in [-0.2, -0.15) is 5.26 Å². The molecule has 1 aliphatic carbocycles. The number of ether oxygens (including phenoxy) is 3. The van der Waals surface area contributed by atoms with Crippen LogP contribution in [0.5, 0.6) is 11.5 Å². The van der Waals surface area contributed by atoms with E-state index in [0.29, 0.717) is 24.4 Å². The Kier molecular flexibility index (Phi) is 9.20. The number of esters is 1. The van der Waals surface area contributed by atoms with E-state index >= 15 is 0 Å². The topological polar surface area (TPSA) is 68.6 Å². The Balaban J connectivity index is 1.43. The monoisotopic (exact) mass is 457 g/mol. The molecule has 1 aliphatic rings. The van der Waals surface area contributed by atoms with Gasteiger partial charge in [0.1, 0.15) is 34.8 Å². The van der Waals surface area contributed by atoms with Crippen molar-refractivity contribution >= 4 is 5.97 Å². The van der Waals surface area contributed by atoms with E-state index in [1.807, 2.05) is 0 Å². The predicted octanol–water partition coefficient (Wildman–Crippen LogP) is 6.20. The fourth-order valence-electron chi connectivity index (χ4n) is 3.85. The van der Waals surface area contributed by atoms with Gasteiger partial charge in [0.25, 0.3) is 0 Å². The molecule has 1 fully saturated rings. The predicted molar refractivity (Wildman–Crippen MR) is 119 cm³/mol. The van der Waals surface area contributed by atoms with Gasteiger partial charge in [-0.25, -0.2) is 13.6 Å². The van der Waals surface area contributed by atoms with Gasteiger partial charge in [-0.05, 0) is 62.3 Å². The third kappa shape index (κ3) is 7.26. The van der Waals surface area contributed by atoms with Crippen molar-refractivity contribution in [1.29, 1.82) is 5.26 Å². The van der Waals surface area contributed by atoms with Gasteiger partial charge in [-0.15, -0.1) is 0 Å². The molecular formula is C26H29F2NO4. The number of hydrogen-bond acceptors (Lipinski definition) is 5. The number of benzene rings is 2. The lowest BCUT2D eigenvalue weighted by Crippen LogP contribution is -2.25. The van der Waals surface area contributed by atoms with Gasteiger partial charge in [0.15, 0.2) is 0 Å². The van der Waals surface area contributed by atoms with Crippen LogP contribution in [0.25, 0.3) is 0 Å². The quantitative estimate of drug-likeness (QED) is 0.241.